The Hall–Kier alpha value is -3.19. The summed E-state index contributed by atoms with van der Waals surface area (Å²) in [7, 11) is -3.28. The van der Waals surface area contributed by atoms with Crippen LogP contribution in [-0.4, -0.2) is 32.2 Å². The summed E-state index contributed by atoms with van der Waals surface area (Å²) in [6, 6.07) is 16.2. The SMILES string of the molecule is CS(=O)(=O)c1cccc(-c2ccc(CC(=O)C3(c4ccc5c(c4)OCO5)CC3)nc2)c1.[HH]. The van der Waals surface area contributed by atoms with E-state index in [-0.39, 0.29) is 25.3 Å². The number of nitrogens with zero attached hydrogens (tertiary/aromatic N) is 1. The highest BCUT2D eigenvalue weighted by Crippen LogP contribution is 2.51. The molecule has 3 aromatic rings. The Morgan fingerprint density at radius 1 is 1.03 bits per heavy atom. The number of hydrogen-bond acceptors (Lipinski definition) is 6. The largest absolute Gasteiger partial charge is 0.454 e. The van der Waals surface area contributed by atoms with Crippen LogP contribution in [0.4, 0.5) is 0 Å². The lowest BCUT2D eigenvalue weighted by Gasteiger charge is -2.15. The van der Waals surface area contributed by atoms with Crippen LogP contribution in [0.2, 0.25) is 0 Å². The third-order valence-corrected chi connectivity index (χ3v) is 7.08. The zero-order valence-electron chi connectivity index (χ0n) is 17.0. The van der Waals surface area contributed by atoms with E-state index in [1.54, 1.807) is 24.4 Å². The number of carbonyl (C=O) groups excluding carboxylic acids is 1. The fourth-order valence-electron chi connectivity index (χ4n) is 3.99. The van der Waals surface area contributed by atoms with Crippen LogP contribution in [0.3, 0.4) is 0 Å². The molecular formula is C24H23NO5S. The summed E-state index contributed by atoms with van der Waals surface area (Å²) >= 11 is 0. The molecule has 6 nitrogen and oxygen atoms in total. The first-order chi connectivity index (χ1) is 14.8. The Labute approximate surface area is 182 Å². The van der Waals surface area contributed by atoms with Crippen LogP contribution in [0.15, 0.2) is 65.7 Å². The first-order valence-corrected chi connectivity index (χ1v) is 11.9. The molecule has 5 rings (SSSR count). The van der Waals surface area contributed by atoms with Crippen molar-refractivity contribution in [1.82, 2.24) is 4.98 Å². The van der Waals surface area contributed by atoms with Crippen molar-refractivity contribution in [2.75, 3.05) is 13.0 Å². The van der Waals surface area contributed by atoms with Gasteiger partial charge in [0.15, 0.2) is 21.3 Å². The lowest BCUT2D eigenvalue weighted by molar-refractivity contribution is -0.120. The fourth-order valence-corrected chi connectivity index (χ4v) is 4.65. The van der Waals surface area contributed by atoms with E-state index in [0.29, 0.717) is 17.2 Å². The number of aromatic nitrogens is 1. The molecule has 0 amide bonds. The fraction of sp³-hybridized carbons (Fsp3) is 0.250. The van der Waals surface area contributed by atoms with Crippen LogP contribution in [-0.2, 0) is 26.5 Å². The molecule has 0 spiro atoms. The Balaban J connectivity index is 0.00000245. The zero-order valence-corrected chi connectivity index (χ0v) is 17.8. The van der Waals surface area contributed by atoms with E-state index in [0.717, 1.165) is 29.5 Å². The van der Waals surface area contributed by atoms with Gasteiger partial charge in [-0.2, -0.15) is 0 Å². The van der Waals surface area contributed by atoms with E-state index < -0.39 is 15.3 Å². The second-order valence-electron chi connectivity index (χ2n) is 8.09. The van der Waals surface area contributed by atoms with Gasteiger partial charge < -0.3 is 9.47 Å². The maximum Gasteiger partial charge on any atom is 0.231 e. The maximum absolute atomic E-state index is 13.1. The van der Waals surface area contributed by atoms with E-state index in [4.69, 9.17) is 9.47 Å². The van der Waals surface area contributed by atoms with Gasteiger partial charge in [0.05, 0.1) is 10.3 Å². The summed E-state index contributed by atoms with van der Waals surface area (Å²) in [6.45, 7) is 0.211. The molecule has 7 heteroatoms. The van der Waals surface area contributed by atoms with Crippen LogP contribution < -0.4 is 9.47 Å². The molecular weight excluding hydrogens is 414 g/mol. The second kappa shape index (κ2) is 7.20. The van der Waals surface area contributed by atoms with Gasteiger partial charge >= 0.3 is 0 Å². The van der Waals surface area contributed by atoms with E-state index in [1.165, 1.54) is 6.26 Å². The summed E-state index contributed by atoms with van der Waals surface area (Å²) in [5.41, 5.74) is 2.77. The highest BCUT2D eigenvalue weighted by molar-refractivity contribution is 7.90. The molecule has 2 heterocycles. The van der Waals surface area contributed by atoms with E-state index in [9.17, 15) is 13.2 Å². The van der Waals surface area contributed by atoms with Crippen molar-refractivity contribution in [3.63, 3.8) is 0 Å². The molecule has 1 aliphatic heterocycles. The predicted octanol–water partition coefficient (Wildman–Crippen LogP) is 3.97. The monoisotopic (exact) mass is 437 g/mol. The lowest BCUT2D eigenvalue weighted by Crippen LogP contribution is -2.22. The minimum absolute atomic E-state index is 0. The molecule has 1 fully saturated rings. The molecule has 0 bridgehead atoms. The summed E-state index contributed by atoms with van der Waals surface area (Å²) in [6.07, 6.45) is 4.76. The maximum atomic E-state index is 13.1. The van der Waals surface area contributed by atoms with Crippen molar-refractivity contribution in [1.29, 1.82) is 0 Å². The summed E-state index contributed by atoms with van der Waals surface area (Å²) < 4.78 is 34.4. The van der Waals surface area contributed by atoms with Gasteiger partial charge in [0, 0.05) is 31.6 Å². The highest BCUT2D eigenvalue weighted by Gasteiger charge is 2.50. The van der Waals surface area contributed by atoms with E-state index in [1.807, 2.05) is 36.4 Å². The number of sulfone groups is 1. The number of fused-ring (bicyclic) bond motifs is 1. The van der Waals surface area contributed by atoms with Gasteiger partial charge in [0.1, 0.15) is 5.78 Å². The zero-order chi connectivity index (χ0) is 21.6. The van der Waals surface area contributed by atoms with Crippen LogP contribution in [0.5, 0.6) is 11.5 Å². The molecule has 160 valence electrons. The van der Waals surface area contributed by atoms with Crippen molar-refractivity contribution in [2.45, 2.75) is 29.6 Å². The standard InChI is InChI=1S/C24H21NO5S.H2/c1-31(27,28)20-4-2-3-16(11-20)17-5-7-19(25-14-17)13-23(26)24(9-10-24)18-6-8-21-22(12-18)30-15-29-21;/h2-8,11-12,14H,9-10,13,15H2,1H3;1H. The summed E-state index contributed by atoms with van der Waals surface area (Å²) in [4.78, 5) is 17.9. The van der Waals surface area contributed by atoms with Crippen LogP contribution in [0.25, 0.3) is 11.1 Å². The number of pyridine rings is 1. The summed E-state index contributed by atoms with van der Waals surface area (Å²) in [5, 5.41) is 0. The third kappa shape index (κ3) is 3.70. The molecule has 0 N–H and O–H groups in total. The van der Waals surface area contributed by atoms with Gasteiger partial charge in [-0.1, -0.05) is 24.3 Å². The predicted molar refractivity (Wildman–Crippen MR) is 117 cm³/mol. The average Bonchev–Trinajstić information content (AvgIpc) is 3.45. The Bertz CT molecular complexity index is 1280. The average molecular weight is 438 g/mol. The van der Waals surface area contributed by atoms with Gasteiger partial charge in [-0.3, -0.25) is 9.78 Å². The first-order valence-electron chi connectivity index (χ1n) is 10.0. The number of benzene rings is 2. The topological polar surface area (TPSA) is 82.6 Å². The molecule has 0 unspecified atom stereocenters. The molecule has 31 heavy (non-hydrogen) atoms. The molecule has 2 aromatic carbocycles. The van der Waals surface area contributed by atoms with Crippen molar-refractivity contribution in [2.24, 2.45) is 0 Å². The minimum atomic E-state index is -3.28. The Morgan fingerprint density at radius 3 is 2.55 bits per heavy atom. The molecule has 0 radical (unpaired) electrons. The summed E-state index contributed by atoms with van der Waals surface area (Å²) in [5.74, 6) is 1.55. The van der Waals surface area contributed by atoms with Crippen LogP contribution in [0, 0.1) is 0 Å². The molecule has 0 saturated heterocycles. The quantitative estimate of drug-likeness (QED) is 0.580. The normalized spacial score (nSPS) is 16.2. The highest BCUT2D eigenvalue weighted by atomic mass is 32.2. The van der Waals surface area contributed by atoms with Gasteiger partial charge in [-0.25, -0.2) is 8.42 Å². The Morgan fingerprint density at radius 2 is 1.84 bits per heavy atom. The lowest BCUT2D eigenvalue weighted by atomic mass is 9.88. The minimum Gasteiger partial charge on any atom is -0.454 e. The van der Waals surface area contributed by atoms with Gasteiger partial charge in [0.2, 0.25) is 6.79 Å². The molecule has 2 aliphatic rings. The molecule has 1 aliphatic carbocycles. The molecule has 0 atom stereocenters. The van der Waals surface area contributed by atoms with Gasteiger partial charge in [-0.05, 0) is 54.3 Å². The van der Waals surface area contributed by atoms with Crippen LogP contribution in [0.1, 0.15) is 25.5 Å². The first kappa shape index (κ1) is 19.8. The number of ether oxygens (including phenoxy) is 2. The molecule has 1 saturated carbocycles. The smallest absolute Gasteiger partial charge is 0.231 e. The van der Waals surface area contributed by atoms with Gasteiger partial charge in [0.25, 0.3) is 0 Å². The Kier molecular flexibility index (Phi) is 4.59. The molecule has 1 aromatic heterocycles. The number of Topliss-reactive ketones (excluding diaryl/α,β-unsaturated/α-hetero) is 1. The second-order valence-corrected chi connectivity index (χ2v) is 10.1. The van der Waals surface area contributed by atoms with Crippen molar-refractivity contribution < 1.29 is 24.1 Å². The van der Waals surface area contributed by atoms with Crippen LogP contribution >= 0.6 is 0 Å². The third-order valence-electron chi connectivity index (χ3n) is 5.97. The van der Waals surface area contributed by atoms with Crippen molar-refractivity contribution in [3.8, 4) is 22.6 Å². The van der Waals surface area contributed by atoms with E-state index in [2.05, 4.69) is 4.98 Å². The van der Waals surface area contributed by atoms with Gasteiger partial charge in [-0.15, -0.1) is 0 Å². The number of hydrogen-bond donors (Lipinski definition) is 0. The van der Waals surface area contributed by atoms with E-state index >= 15 is 0 Å². The number of carbonyl (C=O) groups is 1. The van der Waals surface area contributed by atoms with Crippen molar-refractivity contribution >= 4 is 15.6 Å². The number of ketones is 1. The van der Waals surface area contributed by atoms with Crippen molar-refractivity contribution in [3.05, 3.63) is 72.1 Å². The number of rotatable bonds is 6.